The summed E-state index contributed by atoms with van der Waals surface area (Å²) in [5.74, 6) is -0.244. The summed E-state index contributed by atoms with van der Waals surface area (Å²) in [5, 5.41) is 14.0. The first-order valence-electron chi connectivity index (χ1n) is 13.0. The number of rotatable bonds is 5. The Hall–Kier alpha value is -3.85. The van der Waals surface area contributed by atoms with Crippen molar-refractivity contribution < 1.29 is 9.59 Å². The van der Waals surface area contributed by atoms with Gasteiger partial charge in [0.05, 0.1) is 23.0 Å². The highest BCUT2D eigenvalue weighted by Gasteiger charge is 2.27. The van der Waals surface area contributed by atoms with Crippen LogP contribution in [0.15, 0.2) is 60.9 Å². The molecule has 6 rings (SSSR count). The zero-order valence-corrected chi connectivity index (χ0v) is 23.9. The zero-order valence-electron chi connectivity index (χ0n) is 22.3. The number of aromatic nitrogens is 3. The SMILES string of the molecule is Cc1[nH]c(/C=C2\C(=O)Nc3ccc(-c4cnn(-c5ccccc5)c4)cc32)c(C)c1C(=O)N[C@@H]1CCCNC1.Cl.Cl. The van der Waals surface area contributed by atoms with Crippen molar-refractivity contribution >= 4 is 54.0 Å². The Morgan fingerprint density at radius 2 is 1.90 bits per heavy atom. The monoisotopic (exact) mass is 578 g/mol. The fourth-order valence-corrected chi connectivity index (χ4v) is 5.34. The van der Waals surface area contributed by atoms with Crippen molar-refractivity contribution in [3.63, 3.8) is 0 Å². The maximum absolute atomic E-state index is 13.1. The Morgan fingerprint density at radius 1 is 1.10 bits per heavy atom. The van der Waals surface area contributed by atoms with Crippen LogP contribution in [0.25, 0.3) is 28.5 Å². The summed E-state index contributed by atoms with van der Waals surface area (Å²) in [4.78, 5) is 29.4. The van der Waals surface area contributed by atoms with Crippen LogP contribution in [0, 0.1) is 13.8 Å². The average Bonchev–Trinajstić information content (AvgIpc) is 3.61. The van der Waals surface area contributed by atoms with Gasteiger partial charge < -0.3 is 20.9 Å². The zero-order chi connectivity index (χ0) is 26.2. The molecule has 4 N–H and O–H groups in total. The second kappa shape index (κ2) is 12.1. The van der Waals surface area contributed by atoms with E-state index in [4.69, 9.17) is 0 Å². The number of hydrogen-bond donors (Lipinski definition) is 4. The van der Waals surface area contributed by atoms with E-state index >= 15 is 0 Å². The third-order valence-corrected chi connectivity index (χ3v) is 7.36. The van der Waals surface area contributed by atoms with E-state index in [0.29, 0.717) is 11.1 Å². The van der Waals surface area contributed by atoms with Crippen LogP contribution >= 0.6 is 24.8 Å². The number of aromatic amines is 1. The van der Waals surface area contributed by atoms with E-state index in [2.05, 4.69) is 26.0 Å². The van der Waals surface area contributed by atoms with Crippen molar-refractivity contribution in [2.75, 3.05) is 18.4 Å². The number of aryl methyl sites for hydroxylation is 1. The molecule has 2 amide bonds. The van der Waals surface area contributed by atoms with E-state index in [1.165, 1.54) is 0 Å². The molecule has 40 heavy (non-hydrogen) atoms. The molecule has 1 saturated heterocycles. The van der Waals surface area contributed by atoms with E-state index in [1.54, 1.807) is 0 Å². The van der Waals surface area contributed by atoms with Gasteiger partial charge in [0.2, 0.25) is 0 Å². The molecule has 1 atom stereocenters. The minimum Gasteiger partial charge on any atom is -0.358 e. The normalized spacial score (nSPS) is 17.0. The Labute approximate surface area is 245 Å². The van der Waals surface area contributed by atoms with E-state index in [0.717, 1.165) is 70.9 Å². The maximum atomic E-state index is 13.1. The Balaban J connectivity index is 0.00000185. The summed E-state index contributed by atoms with van der Waals surface area (Å²) >= 11 is 0. The predicted octanol–water partition coefficient (Wildman–Crippen LogP) is 5.30. The van der Waals surface area contributed by atoms with Gasteiger partial charge in [-0.25, -0.2) is 4.68 Å². The number of hydrogen-bond acceptors (Lipinski definition) is 4. The van der Waals surface area contributed by atoms with E-state index < -0.39 is 0 Å². The molecule has 10 heteroatoms. The van der Waals surface area contributed by atoms with Crippen LogP contribution in [0.3, 0.4) is 0 Å². The molecule has 2 aliphatic heterocycles. The Morgan fingerprint density at radius 3 is 2.65 bits per heavy atom. The van der Waals surface area contributed by atoms with Crippen LogP contribution in [0.2, 0.25) is 0 Å². The molecule has 0 bridgehead atoms. The van der Waals surface area contributed by atoms with Gasteiger partial charge in [-0.1, -0.05) is 24.3 Å². The van der Waals surface area contributed by atoms with Crippen LogP contribution < -0.4 is 16.0 Å². The lowest BCUT2D eigenvalue weighted by atomic mass is 9.99. The fourth-order valence-electron chi connectivity index (χ4n) is 5.34. The third-order valence-electron chi connectivity index (χ3n) is 7.36. The van der Waals surface area contributed by atoms with Gasteiger partial charge in [0.15, 0.2) is 0 Å². The highest BCUT2D eigenvalue weighted by atomic mass is 35.5. The number of halogens is 2. The van der Waals surface area contributed by atoms with Crippen LogP contribution in [0.5, 0.6) is 0 Å². The first-order valence-corrected chi connectivity index (χ1v) is 13.0. The molecular formula is C30H32Cl2N6O2. The standard InChI is InChI=1S/C30H30N6O2.2ClH/c1-18-27(33-19(2)28(18)30(38)34-22-7-6-12-31-16-22)14-25-24-13-20(10-11-26(24)35-29(25)37)21-15-32-36(17-21)23-8-4-3-5-9-23;;/h3-5,8-11,13-15,17,22,31,33H,6-7,12,16H2,1-2H3,(H,34,38)(H,35,37);2*1H/b25-14-;;/t22-;;/m1../s1. The number of fused-ring (bicyclic) bond motifs is 1. The predicted molar refractivity (Wildman–Crippen MR) is 164 cm³/mol. The molecule has 0 unspecified atom stereocenters. The van der Waals surface area contributed by atoms with Crippen molar-refractivity contribution in [1.29, 1.82) is 0 Å². The molecule has 1 fully saturated rings. The molecule has 2 aliphatic rings. The van der Waals surface area contributed by atoms with Gasteiger partial charge in [-0.15, -0.1) is 24.8 Å². The smallest absolute Gasteiger partial charge is 0.256 e. The fraction of sp³-hybridized carbons (Fsp3) is 0.233. The molecule has 0 saturated carbocycles. The number of H-pyrrole nitrogens is 1. The number of anilines is 1. The second-order valence-corrected chi connectivity index (χ2v) is 9.96. The van der Waals surface area contributed by atoms with Crippen LogP contribution in [0.4, 0.5) is 5.69 Å². The van der Waals surface area contributed by atoms with Crippen LogP contribution in [-0.2, 0) is 4.79 Å². The molecule has 2 aromatic carbocycles. The number of piperidine rings is 1. The lowest BCUT2D eigenvalue weighted by Gasteiger charge is -2.23. The van der Waals surface area contributed by atoms with Crippen LogP contribution in [0.1, 0.15) is 45.7 Å². The van der Waals surface area contributed by atoms with Gasteiger partial charge in [0.25, 0.3) is 11.8 Å². The Kier molecular flexibility index (Phi) is 8.83. The molecular weight excluding hydrogens is 547 g/mol. The van der Waals surface area contributed by atoms with Crippen molar-refractivity contribution in [2.45, 2.75) is 32.7 Å². The minimum absolute atomic E-state index is 0. The van der Waals surface area contributed by atoms with Gasteiger partial charge in [0.1, 0.15) is 0 Å². The molecule has 2 aromatic heterocycles. The number of carbonyl (C=O) groups excluding carboxylic acids is 2. The number of benzene rings is 2. The number of para-hydroxylation sites is 1. The highest BCUT2D eigenvalue weighted by molar-refractivity contribution is 6.35. The van der Waals surface area contributed by atoms with Crippen molar-refractivity contribution in [3.05, 3.63) is 89.0 Å². The van der Waals surface area contributed by atoms with Crippen LogP contribution in [-0.4, -0.2) is 45.7 Å². The summed E-state index contributed by atoms with van der Waals surface area (Å²) in [5.41, 5.74) is 8.08. The van der Waals surface area contributed by atoms with Gasteiger partial charge in [-0.3, -0.25) is 9.59 Å². The molecule has 208 valence electrons. The summed E-state index contributed by atoms with van der Waals surface area (Å²) < 4.78 is 1.84. The van der Waals surface area contributed by atoms with Gasteiger partial charge in [-0.05, 0) is 74.7 Å². The lowest BCUT2D eigenvalue weighted by Crippen LogP contribution is -2.45. The van der Waals surface area contributed by atoms with E-state index in [-0.39, 0.29) is 42.7 Å². The van der Waals surface area contributed by atoms with Gasteiger partial charge in [-0.2, -0.15) is 5.10 Å². The Bertz CT molecular complexity index is 1570. The summed E-state index contributed by atoms with van der Waals surface area (Å²) in [6, 6.07) is 16.0. The van der Waals surface area contributed by atoms with Gasteiger partial charge in [0, 0.05) is 47.0 Å². The molecule has 4 heterocycles. The first-order chi connectivity index (χ1) is 18.5. The quantitative estimate of drug-likeness (QED) is 0.241. The number of nitrogens with one attached hydrogen (secondary N) is 4. The lowest BCUT2D eigenvalue weighted by molar-refractivity contribution is -0.110. The molecule has 0 spiro atoms. The number of nitrogens with zero attached hydrogens (tertiary/aromatic N) is 2. The van der Waals surface area contributed by atoms with Crippen molar-refractivity contribution in [1.82, 2.24) is 25.4 Å². The maximum Gasteiger partial charge on any atom is 0.256 e. The number of amides is 2. The average molecular weight is 580 g/mol. The largest absolute Gasteiger partial charge is 0.358 e. The summed E-state index contributed by atoms with van der Waals surface area (Å²) in [6.45, 7) is 5.60. The summed E-state index contributed by atoms with van der Waals surface area (Å²) in [6.07, 6.45) is 7.68. The topological polar surface area (TPSA) is 104 Å². The molecule has 8 nitrogen and oxygen atoms in total. The number of carbonyl (C=O) groups is 2. The van der Waals surface area contributed by atoms with Gasteiger partial charge >= 0.3 is 0 Å². The summed E-state index contributed by atoms with van der Waals surface area (Å²) in [7, 11) is 0. The highest BCUT2D eigenvalue weighted by Crippen LogP contribution is 2.37. The molecule has 4 aromatic rings. The van der Waals surface area contributed by atoms with Crippen molar-refractivity contribution in [2.24, 2.45) is 0 Å². The third kappa shape index (κ3) is 5.56. The van der Waals surface area contributed by atoms with Crippen molar-refractivity contribution in [3.8, 4) is 16.8 Å². The molecule has 0 radical (unpaired) electrons. The van der Waals surface area contributed by atoms with E-state index in [9.17, 15) is 9.59 Å². The minimum atomic E-state index is -0.164. The second-order valence-electron chi connectivity index (χ2n) is 9.96. The molecule has 0 aliphatic carbocycles. The van der Waals surface area contributed by atoms with E-state index in [1.807, 2.05) is 85.5 Å². The first kappa shape index (κ1) is 29.1.